The Morgan fingerprint density at radius 3 is 2.33 bits per heavy atom. The maximum absolute atomic E-state index is 13.3. The van der Waals surface area contributed by atoms with Crippen LogP contribution in [0.3, 0.4) is 0 Å². The lowest BCUT2D eigenvalue weighted by atomic mass is 10.1. The van der Waals surface area contributed by atoms with E-state index in [1.165, 1.54) is 36.1 Å². The summed E-state index contributed by atoms with van der Waals surface area (Å²) < 4.78 is 38.4. The van der Waals surface area contributed by atoms with Crippen LogP contribution in [0.5, 0.6) is 11.5 Å². The number of hydroxylamine groups is 1. The molecule has 3 rings (SSSR count). The van der Waals surface area contributed by atoms with E-state index in [1.807, 2.05) is 30.3 Å². The quantitative estimate of drug-likeness (QED) is 0.492. The molecule has 0 radical (unpaired) electrons. The molecule has 0 aliphatic carbocycles. The number of benzene rings is 2. The second-order valence-electron chi connectivity index (χ2n) is 6.65. The highest BCUT2D eigenvalue weighted by Gasteiger charge is 2.35. The van der Waals surface area contributed by atoms with Crippen molar-refractivity contribution in [3.05, 3.63) is 48.0 Å². The summed E-state index contributed by atoms with van der Waals surface area (Å²) in [4.78, 5) is 13.2. The molecule has 2 aromatic rings. The van der Waals surface area contributed by atoms with Crippen molar-refractivity contribution in [3.8, 4) is 11.5 Å². The Morgan fingerprint density at radius 1 is 1.10 bits per heavy atom. The molecule has 0 spiro atoms. The van der Waals surface area contributed by atoms with Gasteiger partial charge in [-0.25, -0.2) is 13.9 Å². The van der Waals surface area contributed by atoms with Crippen LogP contribution in [0.2, 0.25) is 0 Å². The number of ether oxygens (including phenoxy) is 2. The molecule has 1 aliphatic heterocycles. The average molecular weight is 453 g/mol. The predicted octanol–water partition coefficient (Wildman–Crippen LogP) is 2.77. The zero-order valence-corrected chi connectivity index (χ0v) is 18.3. The van der Waals surface area contributed by atoms with E-state index in [1.54, 1.807) is 11.8 Å². The third kappa shape index (κ3) is 4.56. The summed E-state index contributed by atoms with van der Waals surface area (Å²) in [5, 5.41) is 9.45. The zero-order valence-electron chi connectivity index (χ0n) is 16.7. The molecule has 0 bridgehead atoms. The number of hydrogen-bond donors (Lipinski definition) is 2. The SMILES string of the molecule is COc1ccc(S(=O)(=O)N2CCC(Sc3ccccc3)CC2)c(C(=O)NO)c1OC. The van der Waals surface area contributed by atoms with E-state index in [0.29, 0.717) is 31.2 Å². The fraction of sp³-hybridized carbons (Fsp3) is 0.350. The van der Waals surface area contributed by atoms with E-state index >= 15 is 0 Å². The summed E-state index contributed by atoms with van der Waals surface area (Å²) in [5.74, 6) is -0.855. The second-order valence-corrected chi connectivity index (χ2v) is 9.93. The van der Waals surface area contributed by atoms with Crippen LogP contribution < -0.4 is 15.0 Å². The first-order valence-electron chi connectivity index (χ1n) is 9.33. The summed E-state index contributed by atoms with van der Waals surface area (Å²) in [6.45, 7) is 0.669. The molecule has 0 atom stereocenters. The molecule has 0 aromatic heterocycles. The number of sulfonamides is 1. The van der Waals surface area contributed by atoms with Gasteiger partial charge in [0.2, 0.25) is 10.0 Å². The molecule has 2 aromatic carbocycles. The van der Waals surface area contributed by atoms with Gasteiger partial charge in [-0.3, -0.25) is 10.0 Å². The van der Waals surface area contributed by atoms with Gasteiger partial charge >= 0.3 is 0 Å². The topological polar surface area (TPSA) is 105 Å². The highest BCUT2D eigenvalue weighted by Crippen LogP contribution is 2.38. The van der Waals surface area contributed by atoms with Gasteiger partial charge in [-0.15, -0.1) is 11.8 Å². The number of methoxy groups -OCH3 is 2. The highest BCUT2D eigenvalue weighted by molar-refractivity contribution is 8.00. The van der Waals surface area contributed by atoms with Crippen molar-refractivity contribution in [1.29, 1.82) is 0 Å². The molecule has 2 N–H and O–H groups in total. The third-order valence-corrected chi connectivity index (χ3v) is 8.19. The summed E-state index contributed by atoms with van der Waals surface area (Å²) in [7, 11) is -1.31. The van der Waals surface area contributed by atoms with Gasteiger partial charge in [0.05, 0.1) is 19.1 Å². The maximum atomic E-state index is 13.3. The minimum absolute atomic E-state index is 0.0559. The van der Waals surface area contributed by atoms with Crippen molar-refractivity contribution in [2.24, 2.45) is 0 Å². The standard InChI is InChI=1S/C20H24N2O6S2/c1-27-16-8-9-17(18(19(16)28-2)20(23)21-24)30(25,26)22-12-10-15(11-13-22)29-14-6-4-3-5-7-14/h3-9,15,24H,10-13H2,1-2H3,(H,21,23). The van der Waals surface area contributed by atoms with Crippen LogP contribution in [0.4, 0.5) is 0 Å². The Kier molecular flexibility index (Phi) is 7.24. The first-order chi connectivity index (χ1) is 14.4. The fourth-order valence-corrected chi connectivity index (χ4v) is 6.21. The molecule has 1 fully saturated rings. The largest absolute Gasteiger partial charge is 0.493 e. The minimum atomic E-state index is -3.99. The molecule has 0 unspecified atom stereocenters. The predicted molar refractivity (Wildman–Crippen MR) is 113 cm³/mol. The van der Waals surface area contributed by atoms with Gasteiger partial charge in [0.15, 0.2) is 11.5 Å². The van der Waals surface area contributed by atoms with Crippen molar-refractivity contribution in [3.63, 3.8) is 0 Å². The minimum Gasteiger partial charge on any atom is -0.493 e. The number of nitrogens with one attached hydrogen (secondary N) is 1. The second kappa shape index (κ2) is 9.69. The third-order valence-electron chi connectivity index (χ3n) is 4.90. The Bertz CT molecular complexity index is 990. The van der Waals surface area contributed by atoms with E-state index < -0.39 is 15.9 Å². The van der Waals surface area contributed by atoms with Crippen LogP contribution in [0, 0.1) is 0 Å². The number of rotatable bonds is 7. The maximum Gasteiger partial charge on any atom is 0.279 e. The lowest BCUT2D eigenvalue weighted by Gasteiger charge is -2.31. The van der Waals surface area contributed by atoms with Crippen LogP contribution in [0.1, 0.15) is 23.2 Å². The molecule has 1 heterocycles. The van der Waals surface area contributed by atoms with Crippen molar-refractivity contribution in [2.45, 2.75) is 27.9 Å². The molecule has 162 valence electrons. The summed E-state index contributed by atoms with van der Waals surface area (Å²) >= 11 is 1.74. The van der Waals surface area contributed by atoms with Gasteiger partial charge in [0.25, 0.3) is 5.91 Å². The number of carbonyl (C=O) groups is 1. The zero-order chi connectivity index (χ0) is 21.7. The number of thioether (sulfide) groups is 1. The van der Waals surface area contributed by atoms with Crippen molar-refractivity contribution < 1.29 is 27.9 Å². The van der Waals surface area contributed by atoms with Crippen LogP contribution in [-0.4, -0.2) is 56.4 Å². The molecular weight excluding hydrogens is 428 g/mol. The molecular formula is C20H24N2O6S2. The number of amides is 1. The van der Waals surface area contributed by atoms with Gasteiger partial charge in [-0.05, 0) is 37.1 Å². The van der Waals surface area contributed by atoms with Crippen LogP contribution >= 0.6 is 11.8 Å². The molecule has 1 saturated heterocycles. The summed E-state index contributed by atoms with van der Waals surface area (Å²) in [6, 6.07) is 12.7. The van der Waals surface area contributed by atoms with Gasteiger partial charge in [0, 0.05) is 23.2 Å². The summed E-state index contributed by atoms with van der Waals surface area (Å²) in [5.41, 5.74) is 1.20. The molecule has 10 heteroatoms. The Balaban J connectivity index is 1.85. The van der Waals surface area contributed by atoms with Crippen LogP contribution in [-0.2, 0) is 10.0 Å². The van der Waals surface area contributed by atoms with Crippen molar-refractivity contribution in [2.75, 3.05) is 27.3 Å². The number of hydrogen-bond acceptors (Lipinski definition) is 7. The molecule has 1 aliphatic rings. The Hall–Kier alpha value is -2.27. The van der Waals surface area contributed by atoms with E-state index in [4.69, 9.17) is 14.7 Å². The van der Waals surface area contributed by atoms with Crippen molar-refractivity contribution in [1.82, 2.24) is 9.79 Å². The van der Waals surface area contributed by atoms with Gasteiger partial charge < -0.3 is 9.47 Å². The Labute approximate surface area is 180 Å². The fourth-order valence-electron chi connectivity index (χ4n) is 3.42. The molecule has 1 amide bonds. The number of piperidine rings is 1. The van der Waals surface area contributed by atoms with Gasteiger partial charge in [-0.1, -0.05) is 18.2 Å². The first kappa shape index (κ1) is 22.4. The molecule has 8 nitrogen and oxygen atoms in total. The summed E-state index contributed by atoms with van der Waals surface area (Å²) in [6.07, 6.45) is 1.38. The van der Waals surface area contributed by atoms with Gasteiger partial charge in [-0.2, -0.15) is 4.31 Å². The smallest absolute Gasteiger partial charge is 0.279 e. The molecule has 30 heavy (non-hydrogen) atoms. The van der Waals surface area contributed by atoms with E-state index in [2.05, 4.69) is 0 Å². The highest BCUT2D eigenvalue weighted by atomic mass is 32.2. The van der Waals surface area contributed by atoms with Crippen LogP contribution in [0.15, 0.2) is 52.3 Å². The Morgan fingerprint density at radius 2 is 1.77 bits per heavy atom. The van der Waals surface area contributed by atoms with Crippen LogP contribution in [0.25, 0.3) is 0 Å². The molecule has 0 saturated carbocycles. The number of nitrogens with zero attached hydrogens (tertiary/aromatic N) is 1. The normalized spacial score (nSPS) is 15.6. The van der Waals surface area contributed by atoms with E-state index in [9.17, 15) is 13.2 Å². The number of carbonyl (C=O) groups excluding carboxylic acids is 1. The average Bonchev–Trinajstić information content (AvgIpc) is 2.78. The van der Waals surface area contributed by atoms with Gasteiger partial charge in [0.1, 0.15) is 5.56 Å². The van der Waals surface area contributed by atoms with Crippen molar-refractivity contribution >= 4 is 27.7 Å². The lowest BCUT2D eigenvalue weighted by molar-refractivity contribution is 0.0698. The van der Waals surface area contributed by atoms with E-state index in [0.717, 1.165) is 4.90 Å². The van der Waals surface area contributed by atoms with E-state index in [-0.39, 0.29) is 22.0 Å². The lowest BCUT2D eigenvalue weighted by Crippen LogP contribution is -2.40. The first-order valence-corrected chi connectivity index (χ1v) is 11.7. The monoisotopic (exact) mass is 452 g/mol.